The summed E-state index contributed by atoms with van der Waals surface area (Å²) in [4.78, 5) is 28.6. The van der Waals surface area contributed by atoms with Crippen molar-refractivity contribution >= 4 is 27.7 Å². The summed E-state index contributed by atoms with van der Waals surface area (Å²) in [5.41, 5.74) is 2.81. The summed E-state index contributed by atoms with van der Waals surface area (Å²) >= 11 is 3.55. The maximum absolute atomic E-state index is 13.7. The molecule has 0 heterocycles. The minimum atomic E-state index is -0.762. The van der Waals surface area contributed by atoms with Crippen molar-refractivity contribution in [3.63, 3.8) is 0 Å². The molecule has 0 aliphatic heterocycles. The second kappa shape index (κ2) is 14.7. The van der Waals surface area contributed by atoms with Crippen LogP contribution in [0.4, 0.5) is 4.39 Å². The number of hydrogen-bond acceptors (Lipinski definition) is 3. The molecule has 1 atom stereocenters. The number of rotatable bonds is 13. The molecule has 0 saturated carbocycles. The second-order valence-corrected chi connectivity index (χ2v) is 10.5. The first-order valence-electron chi connectivity index (χ1n) is 13.1. The number of nitrogens with one attached hydrogen (secondary N) is 1. The van der Waals surface area contributed by atoms with E-state index in [1.54, 1.807) is 12.1 Å². The second-order valence-electron chi connectivity index (χ2n) is 9.63. The predicted octanol–water partition coefficient (Wildman–Crippen LogP) is 6.65. The summed E-state index contributed by atoms with van der Waals surface area (Å²) in [5, 5.41) is 2.99. The van der Waals surface area contributed by atoms with Gasteiger partial charge in [0.15, 0.2) is 6.61 Å². The van der Waals surface area contributed by atoms with Gasteiger partial charge < -0.3 is 15.0 Å². The highest BCUT2D eigenvalue weighted by molar-refractivity contribution is 9.10. The van der Waals surface area contributed by atoms with Crippen LogP contribution in [0.1, 0.15) is 56.2 Å². The molecule has 202 valence electrons. The monoisotopic (exact) mass is 582 g/mol. The Labute approximate surface area is 233 Å². The molecule has 2 amide bonds. The Morgan fingerprint density at radius 1 is 1.00 bits per heavy atom. The molecule has 3 aromatic carbocycles. The Morgan fingerprint density at radius 3 is 2.34 bits per heavy atom. The van der Waals surface area contributed by atoms with Gasteiger partial charge in [0.1, 0.15) is 17.6 Å². The van der Waals surface area contributed by atoms with Crippen LogP contribution < -0.4 is 10.1 Å². The molecule has 0 aromatic heterocycles. The fourth-order valence-corrected chi connectivity index (χ4v) is 4.57. The molecule has 0 radical (unpaired) electrons. The third kappa shape index (κ3) is 8.69. The zero-order chi connectivity index (χ0) is 27.5. The molecule has 38 heavy (non-hydrogen) atoms. The van der Waals surface area contributed by atoms with Gasteiger partial charge in [0.2, 0.25) is 5.91 Å². The fourth-order valence-electron chi connectivity index (χ4n) is 4.06. The highest BCUT2D eigenvalue weighted by atomic mass is 79.9. The Hall–Kier alpha value is -3.19. The Balaban J connectivity index is 1.88. The molecule has 0 spiro atoms. The van der Waals surface area contributed by atoms with E-state index in [0.29, 0.717) is 24.6 Å². The van der Waals surface area contributed by atoms with E-state index in [1.165, 1.54) is 17.0 Å². The Morgan fingerprint density at radius 2 is 1.71 bits per heavy atom. The average molecular weight is 584 g/mol. The quantitative estimate of drug-likeness (QED) is 0.230. The zero-order valence-electron chi connectivity index (χ0n) is 22.3. The van der Waals surface area contributed by atoms with Gasteiger partial charge >= 0.3 is 0 Å². The van der Waals surface area contributed by atoms with Crippen LogP contribution in [0.2, 0.25) is 0 Å². The topological polar surface area (TPSA) is 58.6 Å². The number of halogens is 2. The van der Waals surface area contributed by atoms with Gasteiger partial charge in [-0.1, -0.05) is 75.7 Å². The number of unbranched alkanes of at least 4 members (excludes halogenated alkanes) is 1. The van der Waals surface area contributed by atoms with Crippen molar-refractivity contribution < 1.29 is 18.7 Å². The summed E-state index contributed by atoms with van der Waals surface area (Å²) in [6, 6.07) is 20.6. The molecule has 0 aliphatic rings. The van der Waals surface area contributed by atoms with Crippen molar-refractivity contribution in [1.29, 1.82) is 0 Å². The van der Waals surface area contributed by atoms with E-state index < -0.39 is 6.04 Å². The minimum Gasteiger partial charge on any atom is -0.483 e. The van der Waals surface area contributed by atoms with Crippen LogP contribution in [0.25, 0.3) is 0 Å². The van der Waals surface area contributed by atoms with Gasteiger partial charge in [0.05, 0.1) is 4.47 Å². The standard InChI is InChI=1S/C31H36BrFN2O3/c1-4-5-17-34-31(37)28(18-23-9-7-6-8-10-23)35(20-24-11-14-26(33)15-12-24)30(36)21-38-29-16-13-25(22(2)3)19-27(29)32/h6-16,19,22,28H,4-5,17-18,20-21H2,1-3H3,(H,34,37)/t28-/m1/s1. The summed E-state index contributed by atoms with van der Waals surface area (Å²) in [6.07, 6.45) is 2.14. The molecule has 0 unspecified atom stereocenters. The van der Waals surface area contributed by atoms with Crippen molar-refractivity contribution in [3.05, 3.63) is 99.8 Å². The largest absolute Gasteiger partial charge is 0.483 e. The van der Waals surface area contributed by atoms with E-state index in [1.807, 2.05) is 48.5 Å². The van der Waals surface area contributed by atoms with Gasteiger partial charge in [-0.2, -0.15) is 0 Å². The molecule has 0 fully saturated rings. The first kappa shape index (κ1) is 29.4. The first-order valence-corrected chi connectivity index (χ1v) is 13.9. The lowest BCUT2D eigenvalue weighted by atomic mass is 10.0. The van der Waals surface area contributed by atoms with E-state index in [2.05, 4.69) is 42.0 Å². The molecule has 7 heteroatoms. The van der Waals surface area contributed by atoms with Crippen LogP contribution in [0.5, 0.6) is 5.75 Å². The van der Waals surface area contributed by atoms with E-state index in [9.17, 15) is 14.0 Å². The number of carbonyl (C=O) groups is 2. The maximum Gasteiger partial charge on any atom is 0.261 e. The summed E-state index contributed by atoms with van der Waals surface area (Å²) in [7, 11) is 0. The fraction of sp³-hybridized carbons (Fsp3) is 0.355. The molecule has 0 saturated heterocycles. The van der Waals surface area contributed by atoms with Gasteiger partial charge in [-0.15, -0.1) is 0 Å². The van der Waals surface area contributed by atoms with E-state index in [-0.39, 0.29) is 30.8 Å². The predicted molar refractivity (Wildman–Crippen MR) is 153 cm³/mol. The van der Waals surface area contributed by atoms with E-state index in [4.69, 9.17) is 4.74 Å². The Bertz CT molecular complexity index is 1190. The van der Waals surface area contributed by atoms with E-state index >= 15 is 0 Å². The molecular weight excluding hydrogens is 547 g/mol. The number of hydrogen-bond donors (Lipinski definition) is 1. The van der Waals surface area contributed by atoms with Crippen LogP contribution >= 0.6 is 15.9 Å². The Kier molecular flexibility index (Phi) is 11.3. The normalized spacial score (nSPS) is 11.7. The molecule has 3 rings (SSSR count). The maximum atomic E-state index is 13.7. The van der Waals surface area contributed by atoms with Crippen LogP contribution in [0.3, 0.4) is 0 Å². The van der Waals surface area contributed by atoms with Gasteiger partial charge in [0, 0.05) is 19.5 Å². The lowest BCUT2D eigenvalue weighted by Crippen LogP contribution is -2.51. The van der Waals surface area contributed by atoms with Crippen LogP contribution in [0, 0.1) is 5.82 Å². The van der Waals surface area contributed by atoms with Crippen molar-refractivity contribution in [2.45, 2.75) is 58.5 Å². The molecule has 3 aromatic rings. The minimum absolute atomic E-state index is 0.147. The summed E-state index contributed by atoms with van der Waals surface area (Å²) in [5.74, 6) is -0.00148. The van der Waals surface area contributed by atoms with Crippen LogP contribution in [-0.4, -0.2) is 35.9 Å². The number of ether oxygens (including phenoxy) is 1. The third-order valence-corrected chi connectivity index (χ3v) is 6.96. The number of nitrogens with zero attached hydrogens (tertiary/aromatic N) is 1. The molecule has 0 aliphatic carbocycles. The zero-order valence-corrected chi connectivity index (χ0v) is 23.8. The van der Waals surface area contributed by atoms with Gasteiger partial charge in [-0.05, 0) is 69.2 Å². The summed E-state index contributed by atoms with van der Waals surface area (Å²) in [6.45, 7) is 6.71. The van der Waals surface area contributed by atoms with E-state index in [0.717, 1.165) is 34.0 Å². The molecule has 5 nitrogen and oxygen atoms in total. The lowest BCUT2D eigenvalue weighted by molar-refractivity contribution is -0.142. The molecular formula is C31H36BrFN2O3. The molecule has 0 bridgehead atoms. The number of carbonyl (C=O) groups excluding carboxylic acids is 2. The number of amides is 2. The smallest absolute Gasteiger partial charge is 0.261 e. The van der Waals surface area contributed by atoms with Crippen molar-refractivity contribution in [2.75, 3.05) is 13.2 Å². The van der Waals surface area contributed by atoms with Crippen LogP contribution in [0.15, 0.2) is 77.3 Å². The van der Waals surface area contributed by atoms with Crippen molar-refractivity contribution in [2.24, 2.45) is 0 Å². The SMILES string of the molecule is CCCCNC(=O)[C@@H](Cc1ccccc1)N(Cc1ccc(F)cc1)C(=O)COc1ccc(C(C)C)cc1Br. The number of benzene rings is 3. The van der Waals surface area contributed by atoms with Gasteiger partial charge in [0.25, 0.3) is 5.91 Å². The average Bonchev–Trinajstić information content (AvgIpc) is 2.91. The third-order valence-electron chi connectivity index (χ3n) is 6.34. The lowest BCUT2D eigenvalue weighted by Gasteiger charge is -2.31. The first-order chi connectivity index (χ1) is 18.3. The molecule has 1 N–H and O–H groups in total. The van der Waals surface area contributed by atoms with Gasteiger partial charge in [-0.25, -0.2) is 4.39 Å². The summed E-state index contributed by atoms with van der Waals surface area (Å²) < 4.78 is 20.3. The highest BCUT2D eigenvalue weighted by Crippen LogP contribution is 2.29. The highest BCUT2D eigenvalue weighted by Gasteiger charge is 2.30. The van der Waals surface area contributed by atoms with Gasteiger partial charge in [-0.3, -0.25) is 9.59 Å². The van der Waals surface area contributed by atoms with Crippen molar-refractivity contribution in [3.8, 4) is 5.75 Å². The van der Waals surface area contributed by atoms with Crippen LogP contribution in [-0.2, 0) is 22.6 Å². The van der Waals surface area contributed by atoms with Crippen molar-refractivity contribution in [1.82, 2.24) is 10.2 Å².